The SMILES string of the molecule is CCCCNC(=O)[C@@H](C)N(Cc1ccccc1F)C(=O)CN(c1ccc(Cl)c(Cl)c1)S(=O)(=O)c1ccc(C)cc1. The van der Waals surface area contributed by atoms with Gasteiger partial charge in [0.05, 0.1) is 20.6 Å². The van der Waals surface area contributed by atoms with Crippen molar-refractivity contribution in [2.24, 2.45) is 0 Å². The summed E-state index contributed by atoms with van der Waals surface area (Å²) < 4.78 is 43.2. The third-order valence-corrected chi connectivity index (χ3v) is 8.90. The van der Waals surface area contributed by atoms with Crippen molar-refractivity contribution in [3.8, 4) is 0 Å². The Labute approximate surface area is 244 Å². The van der Waals surface area contributed by atoms with Gasteiger partial charge in [0.1, 0.15) is 18.4 Å². The fourth-order valence-corrected chi connectivity index (χ4v) is 5.63. The van der Waals surface area contributed by atoms with Gasteiger partial charge in [0.2, 0.25) is 11.8 Å². The zero-order valence-electron chi connectivity index (χ0n) is 22.5. The maximum Gasteiger partial charge on any atom is 0.264 e. The van der Waals surface area contributed by atoms with Gasteiger partial charge in [-0.2, -0.15) is 0 Å². The van der Waals surface area contributed by atoms with Gasteiger partial charge in [-0.15, -0.1) is 0 Å². The number of hydrogen-bond acceptors (Lipinski definition) is 4. The third kappa shape index (κ3) is 7.74. The van der Waals surface area contributed by atoms with E-state index in [0.717, 1.165) is 22.7 Å². The molecule has 0 bridgehead atoms. The Kier molecular flexibility index (Phi) is 11.0. The Balaban J connectivity index is 2.03. The molecule has 7 nitrogen and oxygen atoms in total. The van der Waals surface area contributed by atoms with Crippen LogP contribution in [0.2, 0.25) is 10.0 Å². The normalized spacial score (nSPS) is 12.1. The second-order valence-electron chi connectivity index (χ2n) is 9.36. The summed E-state index contributed by atoms with van der Waals surface area (Å²) >= 11 is 12.3. The molecular weight excluding hydrogens is 576 g/mol. The highest BCUT2D eigenvalue weighted by molar-refractivity contribution is 7.92. The fourth-order valence-electron chi connectivity index (χ4n) is 3.94. The Morgan fingerprint density at radius 2 is 1.68 bits per heavy atom. The number of carbonyl (C=O) groups excluding carboxylic acids is 2. The number of carbonyl (C=O) groups is 2. The first-order valence-corrected chi connectivity index (χ1v) is 15.0. The fraction of sp³-hybridized carbons (Fsp3) is 0.310. The van der Waals surface area contributed by atoms with E-state index in [1.54, 1.807) is 18.2 Å². The molecule has 0 saturated carbocycles. The largest absolute Gasteiger partial charge is 0.354 e. The minimum absolute atomic E-state index is 0.0389. The van der Waals surface area contributed by atoms with Crippen molar-refractivity contribution in [3.63, 3.8) is 0 Å². The molecule has 0 aliphatic carbocycles. The lowest BCUT2D eigenvalue weighted by molar-refractivity contribution is -0.139. The van der Waals surface area contributed by atoms with Crippen LogP contribution in [0, 0.1) is 12.7 Å². The molecule has 0 aromatic heterocycles. The van der Waals surface area contributed by atoms with Gasteiger partial charge in [0.25, 0.3) is 10.0 Å². The van der Waals surface area contributed by atoms with Crippen molar-refractivity contribution in [1.29, 1.82) is 0 Å². The van der Waals surface area contributed by atoms with E-state index >= 15 is 0 Å². The molecule has 40 heavy (non-hydrogen) atoms. The summed E-state index contributed by atoms with van der Waals surface area (Å²) in [6, 6.07) is 15.3. The molecule has 0 aliphatic heterocycles. The lowest BCUT2D eigenvalue weighted by atomic mass is 10.1. The van der Waals surface area contributed by atoms with Crippen molar-refractivity contribution in [2.75, 3.05) is 17.4 Å². The lowest BCUT2D eigenvalue weighted by Gasteiger charge is -2.32. The molecule has 3 aromatic carbocycles. The lowest BCUT2D eigenvalue weighted by Crippen LogP contribution is -2.51. The van der Waals surface area contributed by atoms with Gasteiger partial charge < -0.3 is 10.2 Å². The Bertz CT molecular complexity index is 1450. The molecule has 1 N–H and O–H groups in total. The second kappa shape index (κ2) is 14.0. The van der Waals surface area contributed by atoms with E-state index in [-0.39, 0.29) is 32.7 Å². The number of nitrogens with zero attached hydrogens (tertiary/aromatic N) is 2. The van der Waals surface area contributed by atoms with Gasteiger partial charge in [-0.3, -0.25) is 13.9 Å². The molecule has 0 unspecified atom stereocenters. The van der Waals surface area contributed by atoms with Crippen LogP contribution in [0.1, 0.15) is 37.8 Å². The summed E-state index contributed by atoms with van der Waals surface area (Å²) in [6.45, 7) is 4.83. The van der Waals surface area contributed by atoms with Gasteiger partial charge >= 0.3 is 0 Å². The summed E-state index contributed by atoms with van der Waals surface area (Å²) in [5.74, 6) is -1.68. The summed E-state index contributed by atoms with van der Waals surface area (Å²) in [4.78, 5) is 28.0. The van der Waals surface area contributed by atoms with Crippen LogP contribution in [0.3, 0.4) is 0 Å². The van der Waals surface area contributed by atoms with E-state index in [1.807, 2.05) is 13.8 Å². The number of aryl methyl sites for hydroxylation is 1. The van der Waals surface area contributed by atoms with E-state index in [1.165, 1.54) is 60.4 Å². The third-order valence-electron chi connectivity index (χ3n) is 6.37. The molecule has 0 spiro atoms. The van der Waals surface area contributed by atoms with Crippen LogP contribution in [-0.4, -0.2) is 44.3 Å². The van der Waals surface area contributed by atoms with Crippen molar-refractivity contribution in [3.05, 3.63) is 93.7 Å². The second-order valence-corrected chi connectivity index (χ2v) is 12.0. The zero-order chi connectivity index (χ0) is 29.4. The zero-order valence-corrected chi connectivity index (χ0v) is 24.9. The van der Waals surface area contributed by atoms with E-state index in [0.29, 0.717) is 6.54 Å². The topological polar surface area (TPSA) is 86.8 Å². The molecule has 1 atom stereocenters. The molecule has 11 heteroatoms. The van der Waals surface area contributed by atoms with Crippen LogP contribution in [0.25, 0.3) is 0 Å². The number of sulfonamides is 1. The summed E-state index contributed by atoms with van der Waals surface area (Å²) in [6.07, 6.45) is 1.61. The Hall–Kier alpha value is -3.14. The van der Waals surface area contributed by atoms with Crippen molar-refractivity contribution < 1.29 is 22.4 Å². The number of halogens is 3. The maximum atomic E-state index is 14.6. The number of unbranched alkanes of at least 4 members (excludes halogenated alkanes) is 1. The average Bonchev–Trinajstić information content (AvgIpc) is 2.92. The maximum absolute atomic E-state index is 14.6. The molecule has 0 saturated heterocycles. The highest BCUT2D eigenvalue weighted by atomic mass is 35.5. The molecule has 0 radical (unpaired) electrons. The first-order valence-electron chi connectivity index (χ1n) is 12.8. The van der Waals surface area contributed by atoms with Gasteiger partial charge in [0.15, 0.2) is 0 Å². The predicted octanol–water partition coefficient (Wildman–Crippen LogP) is 5.97. The van der Waals surface area contributed by atoms with Gasteiger partial charge in [0, 0.05) is 18.7 Å². The minimum atomic E-state index is -4.26. The molecule has 214 valence electrons. The van der Waals surface area contributed by atoms with Crippen LogP contribution in [0.5, 0.6) is 0 Å². The predicted molar refractivity (Wildman–Crippen MR) is 157 cm³/mol. The number of nitrogens with one attached hydrogen (secondary N) is 1. The first-order chi connectivity index (χ1) is 18.9. The van der Waals surface area contributed by atoms with Crippen LogP contribution >= 0.6 is 23.2 Å². The molecule has 0 heterocycles. The monoisotopic (exact) mass is 607 g/mol. The summed E-state index contributed by atoms with van der Waals surface area (Å²) in [5.41, 5.74) is 1.15. The summed E-state index contributed by atoms with van der Waals surface area (Å²) in [5, 5.41) is 3.10. The van der Waals surface area contributed by atoms with Crippen LogP contribution < -0.4 is 9.62 Å². The number of anilines is 1. The molecule has 3 rings (SSSR count). The highest BCUT2D eigenvalue weighted by Crippen LogP contribution is 2.31. The highest BCUT2D eigenvalue weighted by Gasteiger charge is 2.33. The number of benzene rings is 3. The molecule has 3 aromatic rings. The molecular formula is C29H32Cl2FN3O4S. The van der Waals surface area contributed by atoms with E-state index in [4.69, 9.17) is 23.2 Å². The summed E-state index contributed by atoms with van der Waals surface area (Å²) in [7, 11) is -4.26. The van der Waals surface area contributed by atoms with Crippen LogP contribution in [0.4, 0.5) is 10.1 Å². The smallest absolute Gasteiger partial charge is 0.264 e. The molecule has 0 fully saturated rings. The standard InChI is InChI=1S/C29H32Cl2FN3O4S/c1-4-5-16-33-29(37)21(3)34(18-22-8-6-7-9-27(22)32)28(36)19-35(23-12-15-25(30)26(31)17-23)40(38,39)24-13-10-20(2)11-14-24/h6-15,17,21H,4-5,16,18-19H2,1-3H3,(H,33,37)/t21-/m1/s1. The Morgan fingerprint density at radius 1 is 1.00 bits per heavy atom. The average molecular weight is 609 g/mol. The Morgan fingerprint density at radius 3 is 2.30 bits per heavy atom. The number of amides is 2. The quantitative estimate of drug-likeness (QED) is 0.257. The first kappa shape index (κ1) is 31.4. The van der Waals surface area contributed by atoms with Gasteiger partial charge in [-0.25, -0.2) is 12.8 Å². The number of rotatable bonds is 12. The van der Waals surface area contributed by atoms with Gasteiger partial charge in [-0.05, 0) is 56.7 Å². The van der Waals surface area contributed by atoms with Crippen molar-refractivity contribution >= 4 is 50.7 Å². The van der Waals surface area contributed by atoms with E-state index in [9.17, 15) is 22.4 Å². The van der Waals surface area contributed by atoms with Crippen molar-refractivity contribution in [1.82, 2.24) is 10.2 Å². The van der Waals surface area contributed by atoms with E-state index in [2.05, 4.69) is 5.32 Å². The minimum Gasteiger partial charge on any atom is -0.354 e. The van der Waals surface area contributed by atoms with Crippen LogP contribution in [0.15, 0.2) is 71.6 Å². The van der Waals surface area contributed by atoms with E-state index < -0.39 is 40.2 Å². The molecule has 0 aliphatic rings. The van der Waals surface area contributed by atoms with Gasteiger partial charge in [-0.1, -0.05) is 72.4 Å². The van der Waals surface area contributed by atoms with Crippen molar-refractivity contribution in [2.45, 2.75) is 51.1 Å². The van der Waals surface area contributed by atoms with Crippen LogP contribution in [-0.2, 0) is 26.2 Å². The number of hydrogen-bond donors (Lipinski definition) is 1. The molecule has 2 amide bonds.